The minimum Gasteiger partial charge on any atom is -0.443 e. The van der Waals surface area contributed by atoms with Crippen LogP contribution in [-0.2, 0) is 10.9 Å². The lowest BCUT2D eigenvalue weighted by atomic mass is 10.1. The minimum absolute atomic E-state index is 0.149. The Morgan fingerprint density at radius 2 is 1.84 bits per heavy atom. The highest BCUT2D eigenvalue weighted by atomic mass is 19.4. The topological polar surface area (TPSA) is 66.5 Å². The van der Waals surface area contributed by atoms with Crippen LogP contribution < -0.4 is 15.8 Å². The first kappa shape index (κ1) is 19.0. The van der Waals surface area contributed by atoms with Crippen LogP contribution in [0.5, 0.6) is 0 Å². The molecule has 1 amide bonds. The molecule has 6 nitrogen and oxygen atoms in total. The molecule has 1 aromatic rings. The number of halogens is 5. The van der Waals surface area contributed by atoms with Crippen LogP contribution in [0.2, 0.25) is 0 Å². The smallest absolute Gasteiger partial charge is 0.426 e. The van der Waals surface area contributed by atoms with Crippen LogP contribution in [0.4, 0.5) is 38.4 Å². The van der Waals surface area contributed by atoms with Crippen molar-refractivity contribution in [1.29, 1.82) is 0 Å². The summed E-state index contributed by atoms with van der Waals surface area (Å²) in [6.45, 7) is 3.18. The summed E-state index contributed by atoms with van der Waals surface area (Å²) in [5.41, 5.74) is 2.50. The molecule has 2 heterocycles. The highest BCUT2D eigenvalue weighted by Gasteiger charge is 2.47. The molecular formula is C14H17F5N4O2. The van der Waals surface area contributed by atoms with Crippen molar-refractivity contribution in [2.75, 3.05) is 23.4 Å². The number of anilines is 2. The molecule has 1 aromatic heterocycles. The van der Waals surface area contributed by atoms with Gasteiger partial charge >= 0.3 is 12.3 Å². The van der Waals surface area contributed by atoms with Gasteiger partial charge in [0.25, 0.3) is 5.92 Å². The summed E-state index contributed by atoms with van der Waals surface area (Å²) in [4.78, 5) is 16.0. The summed E-state index contributed by atoms with van der Waals surface area (Å²) in [7, 11) is 0. The third-order valence-corrected chi connectivity index (χ3v) is 3.02. The molecule has 0 atom stereocenters. The van der Waals surface area contributed by atoms with Crippen molar-refractivity contribution in [2.45, 2.75) is 38.5 Å². The second kappa shape index (κ2) is 6.19. The molecule has 11 heteroatoms. The maximum Gasteiger partial charge on any atom is 0.426 e. The van der Waals surface area contributed by atoms with E-state index in [1.165, 1.54) is 0 Å². The maximum absolute atomic E-state index is 13.0. The summed E-state index contributed by atoms with van der Waals surface area (Å²) in [6.07, 6.45) is -5.61. The molecule has 1 aliphatic rings. The second-order valence-corrected chi connectivity index (χ2v) is 6.53. The van der Waals surface area contributed by atoms with Crippen molar-refractivity contribution >= 4 is 17.7 Å². The molecule has 140 valence electrons. The summed E-state index contributed by atoms with van der Waals surface area (Å²) >= 11 is 0. The summed E-state index contributed by atoms with van der Waals surface area (Å²) in [5.74, 6) is -3.83. The number of hydrogen-bond acceptors (Lipinski definition) is 5. The van der Waals surface area contributed by atoms with Gasteiger partial charge in [-0.1, -0.05) is 0 Å². The molecule has 0 spiro atoms. The molecule has 1 fully saturated rings. The highest BCUT2D eigenvalue weighted by molar-refractivity contribution is 5.69. The molecule has 1 saturated heterocycles. The minimum atomic E-state index is -4.75. The van der Waals surface area contributed by atoms with E-state index in [0.29, 0.717) is 6.07 Å². The number of amides is 1. The summed E-state index contributed by atoms with van der Waals surface area (Å²) < 4.78 is 70.0. The zero-order chi connectivity index (χ0) is 19.0. The molecule has 25 heavy (non-hydrogen) atoms. The highest BCUT2D eigenvalue weighted by Crippen LogP contribution is 2.40. The van der Waals surface area contributed by atoms with Gasteiger partial charge in [0.15, 0.2) is 0 Å². The average Bonchev–Trinajstić information content (AvgIpc) is 2.39. The number of pyridine rings is 1. The summed E-state index contributed by atoms with van der Waals surface area (Å²) in [5, 5.41) is 0. The Kier molecular flexibility index (Phi) is 4.71. The summed E-state index contributed by atoms with van der Waals surface area (Å²) in [6, 6.07) is 1.68. The van der Waals surface area contributed by atoms with E-state index in [9.17, 15) is 26.7 Å². The van der Waals surface area contributed by atoms with Gasteiger partial charge in [-0.15, -0.1) is 0 Å². The van der Waals surface area contributed by atoms with Crippen LogP contribution in [0, 0.1) is 0 Å². The zero-order valence-electron chi connectivity index (χ0n) is 13.7. The number of carbonyl (C=O) groups excluding carboxylic acids is 1. The number of aromatic nitrogens is 1. The first-order valence-electron chi connectivity index (χ1n) is 7.23. The van der Waals surface area contributed by atoms with Gasteiger partial charge in [0.1, 0.15) is 17.2 Å². The van der Waals surface area contributed by atoms with E-state index in [1.807, 2.05) is 0 Å². The lowest BCUT2D eigenvalue weighted by molar-refractivity contribution is -0.137. The number of nitrogens with one attached hydrogen (secondary N) is 2. The van der Waals surface area contributed by atoms with Crippen LogP contribution >= 0.6 is 0 Å². The molecule has 0 radical (unpaired) electrons. The Bertz CT molecular complexity index is 650. The lowest BCUT2D eigenvalue weighted by Gasteiger charge is -2.40. The fourth-order valence-corrected chi connectivity index (χ4v) is 2.06. The van der Waals surface area contributed by atoms with E-state index in [4.69, 9.17) is 4.74 Å². The average molecular weight is 368 g/mol. The number of hydrogen-bond donors (Lipinski definition) is 2. The van der Waals surface area contributed by atoms with Gasteiger partial charge in [0.05, 0.1) is 18.7 Å². The Balaban J connectivity index is 2.14. The van der Waals surface area contributed by atoms with E-state index in [0.717, 1.165) is 11.0 Å². The largest absolute Gasteiger partial charge is 0.443 e. The van der Waals surface area contributed by atoms with Crippen LogP contribution in [-0.4, -0.2) is 35.7 Å². The third kappa shape index (κ3) is 5.07. The number of ether oxygens (including phenoxy) is 1. The predicted molar refractivity (Wildman–Crippen MR) is 79.4 cm³/mol. The molecule has 2 rings (SSSR count). The monoisotopic (exact) mass is 368 g/mol. The van der Waals surface area contributed by atoms with E-state index >= 15 is 0 Å². The third-order valence-electron chi connectivity index (χ3n) is 3.02. The number of nitrogens with zero attached hydrogens (tertiary/aromatic N) is 2. The molecule has 0 bridgehead atoms. The molecule has 0 unspecified atom stereocenters. The van der Waals surface area contributed by atoms with Gasteiger partial charge in [0.2, 0.25) is 0 Å². The fraction of sp³-hybridized carbons (Fsp3) is 0.571. The van der Waals surface area contributed by atoms with Gasteiger partial charge in [-0.25, -0.2) is 24.0 Å². The van der Waals surface area contributed by atoms with Crippen molar-refractivity contribution in [3.8, 4) is 0 Å². The Labute approximate surface area is 140 Å². The zero-order valence-corrected chi connectivity index (χ0v) is 13.7. The SMILES string of the molecule is CC(C)(C)OC(=O)NNc1ccc(C(F)(F)F)c(N2CC(F)(F)C2)n1. The van der Waals surface area contributed by atoms with Crippen LogP contribution in [0.3, 0.4) is 0 Å². The van der Waals surface area contributed by atoms with Crippen LogP contribution in [0.25, 0.3) is 0 Å². The molecule has 0 aliphatic carbocycles. The predicted octanol–water partition coefficient (Wildman–Crippen LogP) is 3.41. The van der Waals surface area contributed by atoms with Crippen molar-refractivity contribution in [3.63, 3.8) is 0 Å². The second-order valence-electron chi connectivity index (χ2n) is 6.53. The standard InChI is InChI=1S/C14H17F5N4O2/c1-12(2,3)25-11(24)22-21-9-5-4-8(14(17,18)19)10(20-9)23-6-13(15,16)7-23/h4-5H,6-7H2,1-3H3,(H,20,21)(H,22,24). The Morgan fingerprint density at radius 1 is 1.24 bits per heavy atom. The molecular weight excluding hydrogens is 351 g/mol. The number of rotatable bonds is 3. The van der Waals surface area contributed by atoms with Gasteiger partial charge in [-0.2, -0.15) is 13.2 Å². The first-order chi connectivity index (χ1) is 11.3. The molecule has 1 aliphatic heterocycles. The van der Waals surface area contributed by atoms with Crippen molar-refractivity contribution in [1.82, 2.24) is 10.4 Å². The fourth-order valence-electron chi connectivity index (χ4n) is 2.06. The van der Waals surface area contributed by atoms with E-state index < -0.39 is 48.3 Å². The van der Waals surface area contributed by atoms with Gasteiger partial charge in [-0.3, -0.25) is 5.43 Å². The van der Waals surface area contributed by atoms with Crippen molar-refractivity contribution in [2.24, 2.45) is 0 Å². The number of hydrazine groups is 1. The van der Waals surface area contributed by atoms with Gasteiger partial charge in [-0.05, 0) is 32.9 Å². The van der Waals surface area contributed by atoms with Crippen molar-refractivity contribution < 1.29 is 31.5 Å². The van der Waals surface area contributed by atoms with Gasteiger partial charge in [0, 0.05) is 0 Å². The van der Waals surface area contributed by atoms with Crippen molar-refractivity contribution in [3.05, 3.63) is 17.7 Å². The van der Waals surface area contributed by atoms with E-state index in [1.54, 1.807) is 20.8 Å². The van der Waals surface area contributed by atoms with Gasteiger partial charge < -0.3 is 9.64 Å². The van der Waals surface area contributed by atoms with Crippen LogP contribution in [0.1, 0.15) is 26.3 Å². The lowest BCUT2D eigenvalue weighted by Crippen LogP contribution is -2.57. The van der Waals surface area contributed by atoms with E-state index in [2.05, 4.69) is 15.8 Å². The molecule has 2 N–H and O–H groups in total. The first-order valence-corrected chi connectivity index (χ1v) is 7.23. The quantitative estimate of drug-likeness (QED) is 0.632. The Hall–Kier alpha value is -2.33. The number of carbonyl (C=O) groups is 1. The number of alkyl halides is 5. The van der Waals surface area contributed by atoms with Crippen LogP contribution in [0.15, 0.2) is 12.1 Å². The molecule has 0 aromatic carbocycles. The maximum atomic E-state index is 13.0. The van der Waals surface area contributed by atoms with E-state index in [-0.39, 0.29) is 5.82 Å². The molecule has 0 saturated carbocycles. The Morgan fingerprint density at radius 3 is 2.32 bits per heavy atom. The normalized spacial score (nSPS) is 16.9.